The van der Waals surface area contributed by atoms with Crippen LogP contribution in [-0.2, 0) is 12.8 Å². The Labute approximate surface area is 108 Å². The van der Waals surface area contributed by atoms with E-state index in [-0.39, 0.29) is 17.8 Å². The lowest BCUT2D eigenvalue weighted by Crippen LogP contribution is -2.04. The first kappa shape index (κ1) is 12.9. The average molecular weight is 266 g/mol. The molecule has 0 aliphatic carbocycles. The summed E-state index contributed by atoms with van der Waals surface area (Å²) in [5.74, 6) is -2.02. The minimum absolute atomic E-state index is 0.103. The minimum atomic E-state index is -0.932. The highest BCUT2D eigenvalue weighted by molar-refractivity contribution is 7.14. The SMILES string of the molecule is CCc1ccc(C(=O)Cc2cccc(F)c2F)s1. The first-order valence-corrected chi connectivity index (χ1v) is 6.48. The fourth-order valence-electron chi connectivity index (χ4n) is 1.66. The molecule has 94 valence electrons. The van der Waals surface area contributed by atoms with Gasteiger partial charge in [0.05, 0.1) is 4.88 Å². The van der Waals surface area contributed by atoms with Gasteiger partial charge in [0, 0.05) is 11.3 Å². The molecule has 0 saturated carbocycles. The summed E-state index contributed by atoms with van der Waals surface area (Å²) >= 11 is 1.40. The molecule has 0 aliphatic rings. The summed E-state index contributed by atoms with van der Waals surface area (Å²) in [6.07, 6.45) is 0.763. The highest BCUT2D eigenvalue weighted by Crippen LogP contribution is 2.20. The van der Waals surface area contributed by atoms with Gasteiger partial charge >= 0.3 is 0 Å². The van der Waals surface area contributed by atoms with Crippen LogP contribution in [-0.4, -0.2) is 5.78 Å². The van der Waals surface area contributed by atoms with Crippen molar-refractivity contribution in [1.82, 2.24) is 0 Å². The Morgan fingerprint density at radius 2 is 2.00 bits per heavy atom. The molecule has 0 aliphatic heterocycles. The molecule has 0 spiro atoms. The number of rotatable bonds is 4. The number of ketones is 1. The maximum Gasteiger partial charge on any atom is 0.177 e. The third-order valence-corrected chi connectivity index (χ3v) is 3.94. The molecule has 1 aromatic carbocycles. The van der Waals surface area contributed by atoms with Gasteiger partial charge in [-0.1, -0.05) is 19.1 Å². The predicted octanol–water partition coefficient (Wildman–Crippen LogP) is 4.01. The topological polar surface area (TPSA) is 17.1 Å². The second-order valence-electron chi connectivity index (χ2n) is 3.93. The molecule has 0 N–H and O–H groups in total. The van der Waals surface area contributed by atoms with Crippen LogP contribution in [0.25, 0.3) is 0 Å². The molecule has 0 amide bonds. The lowest BCUT2D eigenvalue weighted by molar-refractivity contribution is 0.0995. The number of hydrogen-bond donors (Lipinski definition) is 0. The molecular formula is C14H12F2OS. The van der Waals surface area contributed by atoms with Gasteiger partial charge in [-0.05, 0) is 30.2 Å². The van der Waals surface area contributed by atoms with Crippen LogP contribution >= 0.6 is 11.3 Å². The maximum absolute atomic E-state index is 13.4. The zero-order chi connectivity index (χ0) is 13.1. The van der Waals surface area contributed by atoms with Crippen molar-refractivity contribution in [2.45, 2.75) is 19.8 Å². The van der Waals surface area contributed by atoms with Gasteiger partial charge in [-0.15, -0.1) is 11.3 Å². The molecule has 0 bridgehead atoms. The first-order valence-electron chi connectivity index (χ1n) is 5.66. The van der Waals surface area contributed by atoms with E-state index in [0.717, 1.165) is 17.4 Å². The third kappa shape index (κ3) is 2.64. The fourth-order valence-corrected chi connectivity index (χ4v) is 2.55. The summed E-state index contributed by atoms with van der Waals surface area (Å²) in [6.45, 7) is 2.01. The Bertz CT molecular complexity index is 575. The van der Waals surface area contributed by atoms with Crippen LogP contribution in [0.2, 0.25) is 0 Å². The van der Waals surface area contributed by atoms with E-state index < -0.39 is 11.6 Å². The van der Waals surface area contributed by atoms with Crippen molar-refractivity contribution in [1.29, 1.82) is 0 Å². The van der Waals surface area contributed by atoms with Gasteiger partial charge in [0.15, 0.2) is 17.4 Å². The summed E-state index contributed by atoms with van der Waals surface area (Å²) in [4.78, 5) is 13.6. The fraction of sp³-hybridized carbons (Fsp3) is 0.214. The van der Waals surface area contributed by atoms with E-state index in [1.165, 1.54) is 23.5 Å². The van der Waals surface area contributed by atoms with Gasteiger partial charge in [0.1, 0.15) is 0 Å². The Morgan fingerprint density at radius 1 is 1.22 bits per heavy atom. The molecule has 1 aromatic heterocycles. The summed E-state index contributed by atoms with van der Waals surface area (Å²) in [5.41, 5.74) is 0.103. The third-order valence-electron chi connectivity index (χ3n) is 2.67. The summed E-state index contributed by atoms with van der Waals surface area (Å²) in [6, 6.07) is 7.52. The molecule has 1 nitrogen and oxygen atoms in total. The van der Waals surface area contributed by atoms with E-state index in [2.05, 4.69) is 0 Å². The summed E-state index contributed by atoms with van der Waals surface area (Å²) < 4.78 is 26.4. The smallest absolute Gasteiger partial charge is 0.177 e. The number of carbonyl (C=O) groups is 1. The van der Waals surface area contributed by atoms with E-state index in [0.29, 0.717) is 4.88 Å². The molecule has 0 unspecified atom stereocenters. The molecule has 2 aromatic rings. The summed E-state index contributed by atoms with van der Waals surface area (Å²) in [7, 11) is 0. The van der Waals surface area contributed by atoms with Crippen LogP contribution in [0.3, 0.4) is 0 Å². The molecule has 18 heavy (non-hydrogen) atoms. The zero-order valence-electron chi connectivity index (χ0n) is 9.87. The van der Waals surface area contributed by atoms with E-state index >= 15 is 0 Å². The number of benzene rings is 1. The molecule has 0 atom stereocenters. The Hall–Kier alpha value is -1.55. The van der Waals surface area contributed by atoms with Gasteiger partial charge in [0.25, 0.3) is 0 Å². The van der Waals surface area contributed by atoms with Crippen molar-refractivity contribution in [2.24, 2.45) is 0 Å². The van der Waals surface area contributed by atoms with E-state index in [1.54, 1.807) is 6.07 Å². The van der Waals surface area contributed by atoms with Crippen LogP contribution in [0.4, 0.5) is 8.78 Å². The molecule has 0 saturated heterocycles. The number of hydrogen-bond acceptors (Lipinski definition) is 2. The number of carbonyl (C=O) groups excluding carboxylic acids is 1. The van der Waals surface area contributed by atoms with Crippen molar-refractivity contribution in [3.63, 3.8) is 0 Å². The number of thiophene rings is 1. The van der Waals surface area contributed by atoms with Crippen LogP contribution in [0.1, 0.15) is 27.0 Å². The average Bonchev–Trinajstić information content (AvgIpc) is 2.83. The standard InChI is InChI=1S/C14H12F2OS/c1-2-10-6-7-13(18-10)12(17)8-9-4-3-5-11(15)14(9)16/h3-7H,2,8H2,1H3. The molecule has 2 rings (SSSR count). The quantitative estimate of drug-likeness (QED) is 0.764. The van der Waals surface area contributed by atoms with Crippen LogP contribution in [0.15, 0.2) is 30.3 Å². The normalized spacial score (nSPS) is 10.6. The van der Waals surface area contributed by atoms with Crippen LogP contribution in [0, 0.1) is 11.6 Å². The predicted molar refractivity (Wildman–Crippen MR) is 68.1 cm³/mol. The van der Waals surface area contributed by atoms with Crippen molar-refractivity contribution < 1.29 is 13.6 Å². The number of Topliss-reactive ketones (excluding diaryl/α,β-unsaturated/α-hetero) is 1. The largest absolute Gasteiger partial charge is 0.293 e. The second kappa shape index (κ2) is 5.40. The highest BCUT2D eigenvalue weighted by Gasteiger charge is 2.14. The van der Waals surface area contributed by atoms with Gasteiger partial charge in [0.2, 0.25) is 0 Å². The molecular weight excluding hydrogens is 254 g/mol. The number of aryl methyl sites for hydroxylation is 1. The summed E-state index contributed by atoms with van der Waals surface area (Å²) in [5, 5.41) is 0. The Balaban J connectivity index is 2.18. The van der Waals surface area contributed by atoms with Gasteiger partial charge in [-0.3, -0.25) is 4.79 Å². The second-order valence-corrected chi connectivity index (χ2v) is 5.10. The van der Waals surface area contributed by atoms with E-state index in [1.807, 2.05) is 13.0 Å². The van der Waals surface area contributed by atoms with Gasteiger partial charge in [-0.25, -0.2) is 8.78 Å². The monoisotopic (exact) mass is 266 g/mol. The lowest BCUT2D eigenvalue weighted by atomic mass is 10.1. The number of halogens is 2. The Morgan fingerprint density at radius 3 is 2.67 bits per heavy atom. The Kier molecular flexibility index (Phi) is 3.87. The molecule has 0 radical (unpaired) electrons. The maximum atomic E-state index is 13.4. The van der Waals surface area contributed by atoms with E-state index in [4.69, 9.17) is 0 Å². The molecule has 1 heterocycles. The van der Waals surface area contributed by atoms with Crippen molar-refractivity contribution in [3.8, 4) is 0 Å². The lowest BCUT2D eigenvalue weighted by Gasteiger charge is -2.02. The van der Waals surface area contributed by atoms with Gasteiger partial charge in [-0.2, -0.15) is 0 Å². The highest BCUT2D eigenvalue weighted by atomic mass is 32.1. The van der Waals surface area contributed by atoms with Crippen LogP contribution in [0.5, 0.6) is 0 Å². The molecule has 0 fully saturated rings. The first-order chi connectivity index (χ1) is 8.61. The van der Waals surface area contributed by atoms with Crippen LogP contribution < -0.4 is 0 Å². The van der Waals surface area contributed by atoms with Crippen molar-refractivity contribution in [3.05, 3.63) is 57.3 Å². The zero-order valence-corrected chi connectivity index (χ0v) is 10.7. The van der Waals surface area contributed by atoms with Gasteiger partial charge < -0.3 is 0 Å². The minimum Gasteiger partial charge on any atom is -0.293 e. The van der Waals surface area contributed by atoms with Crippen molar-refractivity contribution >= 4 is 17.1 Å². The molecule has 4 heteroatoms. The van der Waals surface area contributed by atoms with Crippen molar-refractivity contribution in [2.75, 3.05) is 0 Å². The van der Waals surface area contributed by atoms with E-state index in [9.17, 15) is 13.6 Å².